The highest BCUT2D eigenvalue weighted by Gasteiger charge is 2.28. The van der Waals surface area contributed by atoms with Crippen LogP contribution in [0.25, 0.3) is 0 Å². The molecule has 0 fully saturated rings. The van der Waals surface area contributed by atoms with Crippen molar-refractivity contribution >= 4 is 9.84 Å². The molecule has 0 bridgehead atoms. The van der Waals surface area contributed by atoms with Crippen LogP contribution >= 0.6 is 0 Å². The Morgan fingerprint density at radius 3 is 2.50 bits per heavy atom. The van der Waals surface area contributed by atoms with Gasteiger partial charge in [0.05, 0.1) is 17.2 Å². The normalized spacial score (nSPS) is 17.1. The Morgan fingerprint density at radius 1 is 1.12 bits per heavy atom. The van der Waals surface area contributed by atoms with Gasteiger partial charge in [0.25, 0.3) is 0 Å². The maximum Gasteiger partial charge on any atom is 0.152 e. The number of fused-ring (bicyclic) bond motifs is 1. The summed E-state index contributed by atoms with van der Waals surface area (Å²) >= 11 is 0. The quantitative estimate of drug-likeness (QED) is 0.829. The standard InChI is InChI=1S/C19H23NO3S/c1-13(2)24(21,22)12-15-8-16-5-7-18(10-17(16)9-15)23-19-6-4-14(3)20-11-19/h4-7,10-11,13,15H,8-9,12H2,1-3H3/t15-/m0/s1. The van der Waals surface area contributed by atoms with E-state index in [0.717, 1.165) is 24.3 Å². The molecule has 1 atom stereocenters. The van der Waals surface area contributed by atoms with Crippen molar-refractivity contribution in [2.75, 3.05) is 5.75 Å². The van der Waals surface area contributed by atoms with Gasteiger partial charge in [-0.15, -0.1) is 0 Å². The Balaban J connectivity index is 1.71. The molecule has 0 N–H and O–H groups in total. The third-order valence-corrected chi connectivity index (χ3v) is 6.87. The van der Waals surface area contributed by atoms with E-state index in [1.807, 2.05) is 37.3 Å². The van der Waals surface area contributed by atoms with Gasteiger partial charge in [-0.1, -0.05) is 6.07 Å². The Hall–Kier alpha value is -1.88. The highest BCUT2D eigenvalue weighted by Crippen LogP contribution is 2.32. The number of hydrogen-bond acceptors (Lipinski definition) is 4. The van der Waals surface area contributed by atoms with Crippen LogP contribution in [0, 0.1) is 12.8 Å². The SMILES string of the molecule is Cc1ccc(Oc2ccc3c(c2)C[C@@H](CS(=O)(=O)C(C)C)C3)cn1. The van der Waals surface area contributed by atoms with Crippen LogP contribution in [0.2, 0.25) is 0 Å². The molecule has 128 valence electrons. The molecule has 0 spiro atoms. The second-order valence-electron chi connectivity index (χ2n) is 6.82. The van der Waals surface area contributed by atoms with Crippen LogP contribution in [-0.4, -0.2) is 24.4 Å². The Labute approximate surface area is 143 Å². The van der Waals surface area contributed by atoms with Crippen molar-refractivity contribution in [2.24, 2.45) is 5.92 Å². The van der Waals surface area contributed by atoms with Crippen molar-refractivity contribution in [2.45, 2.75) is 38.9 Å². The number of aryl methyl sites for hydroxylation is 1. The van der Waals surface area contributed by atoms with E-state index in [4.69, 9.17) is 4.74 Å². The van der Waals surface area contributed by atoms with E-state index < -0.39 is 9.84 Å². The summed E-state index contributed by atoms with van der Waals surface area (Å²) in [6.07, 6.45) is 3.33. The fourth-order valence-corrected chi connectivity index (χ4v) is 4.32. The van der Waals surface area contributed by atoms with Crippen molar-refractivity contribution < 1.29 is 13.2 Å². The molecule has 0 amide bonds. The Bertz CT molecular complexity index is 826. The smallest absolute Gasteiger partial charge is 0.152 e. The zero-order chi connectivity index (χ0) is 17.3. The minimum atomic E-state index is -3.00. The summed E-state index contributed by atoms with van der Waals surface area (Å²) < 4.78 is 30.1. The van der Waals surface area contributed by atoms with Crippen LogP contribution in [0.4, 0.5) is 0 Å². The molecule has 24 heavy (non-hydrogen) atoms. The molecule has 1 aromatic carbocycles. The molecular weight excluding hydrogens is 322 g/mol. The summed E-state index contributed by atoms with van der Waals surface area (Å²) in [5.74, 6) is 1.91. The maximum atomic E-state index is 12.1. The molecule has 0 saturated heterocycles. The van der Waals surface area contributed by atoms with Gasteiger partial charge in [-0.3, -0.25) is 4.98 Å². The molecule has 1 heterocycles. The fourth-order valence-electron chi connectivity index (χ4n) is 3.04. The lowest BCUT2D eigenvalue weighted by atomic mass is 10.1. The van der Waals surface area contributed by atoms with Crippen LogP contribution in [0.3, 0.4) is 0 Å². The van der Waals surface area contributed by atoms with Crippen LogP contribution in [0.1, 0.15) is 30.7 Å². The molecule has 0 saturated carbocycles. The van der Waals surface area contributed by atoms with Crippen LogP contribution in [0.5, 0.6) is 11.5 Å². The molecule has 1 aromatic heterocycles. The molecule has 1 aliphatic carbocycles. The van der Waals surface area contributed by atoms with Crippen molar-refractivity contribution in [3.8, 4) is 11.5 Å². The first-order valence-corrected chi connectivity index (χ1v) is 9.99. The summed E-state index contributed by atoms with van der Waals surface area (Å²) in [6, 6.07) is 9.83. The van der Waals surface area contributed by atoms with Gasteiger partial charge in [-0.25, -0.2) is 8.42 Å². The first-order chi connectivity index (χ1) is 11.3. The van der Waals surface area contributed by atoms with Gasteiger partial charge >= 0.3 is 0 Å². The van der Waals surface area contributed by atoms with Crippen LogP contribution in [-0.2, 0) is 22.7 Å². The molecule has 5 heteroatoms. The number of hydrogen-bond donors (Lipinski definition) is 0. The van der Waals surface area contributed by atoms with Crippen molar-refractivity contribution in [3.05, 3.63) is 53.3 Å². The number of aromatic nitrogens is 1. The zero-order valence-electron chi connectivity index (χ0n) is 14.3. The highest BCUT2D eigenvalue weighted by atomic mass is 32.2. The predicted octanol–water partition coefficient (Wildman–Crippen LogP) is 3.72. The Morgan fingerprint density at radius 2 is 1.83 bits per heavy atom. The van der Waals surface area contributed by atoms with E-state index in [2.05, 4.69) is 4.98 Å². The van der Waals surface area contributed by atoms with Crippen molar-refractivity contribution in [3.63, 3.8) is 0 Å². The maximum absolute atomic E-state index is 12.1. The van der Waals surface area contributed by atoms with Gasteiger partial charge in [-0.05, 0) is 74.9 Å². The molecular formula is C19H23NO3S. The number of sulfone groups is 1. The number of ether oxygens (including phenoxy) is 1. The monoisotopic (exact) mass is 345 g/mol. The second kappa shape index (κ2) is 6.55. The predicted molar refractivity (Wildman–Crippen MR) is 95.3 cm³/mol. The van der Waals surface area contributed by atoms with Gasteiger partial charge in [-0.2, -0.15) is 0 Å². The van der Waals surface area contributed by atoms with Crippen molar-refractivity contribution in [1.29, 1.82) is 0 Å². The summed E-state index contributed by atoms with van der Waals surface area (Å²) in [6.45, 7) is 5.43. The second-order valence-corrected chi connectivity index (χ2v) is 9.42. The Kier molecular flexibility index (Phi) is 4.63. The molecule has 0 radical (unpaired) electrons. The number of benzene rings is 1. The third kappa shape index (κ3) is 3.78. The average Bonchev–Trinajstić information content (AvgIpc) is 2.90. The number of rotatable bonds is 5. The van der Waals surface area contributed by atoms with Crippen LogP contribution in [0.15, 0.2) is 36.5 Å². The highest BCUT2D eigenvalue weighted by molar-refractivity contribution is 7.91. The van der Waals surface area contributed by atoms with Gasteiger partial charge < -0.3 is 4.74 Å². The average molecular weight is 345 g/mol. The summed E-state index contributed by atoms with van der Waals surface area (Å²) in [7, 11) is -3.00. The minimum Gasteiger partial charge on any atom is -0.456 e. The first-order valence-electron chi connectivity index (χ1n) is 8.27. The van der Waals surface area contributed by atoms with Gasteiger partial charge in [0.1, 0.15) is 11.5 Å². The van der Waals surface area contributed by atoms with Gasteiger partial charge in [0.15, 0.2) is 9.84 Å². The lowest BCUT2D eigenvalue weighted by Gasteiger charge is -2.12. The fraction of sp³-hybridized carbons (Fsp3) is 0.421. The van der Waals surface area contributed by atoms with Gasteiger partial charge in [0, 0.05) is 5.69 Å². The van der Waals surface area contributed by atoms with E-state index in [0.29, 0.717) is 5.75 Å². The molecule has 4 nitrogen and oxygen atoms in total. The topological polar surface area (TPSA) is 56.3 Å². The molecule has 0 unspecified atom stereocenters. The van der Waals surface area contributed by atoms with Crippen LogP contribution < -0.4 is 4.74 Å². The molecule has 2 aromatic rings. The van der Waals surface area contributed by atoms with E-state index in [-0.39, 0.29) is 16.9 Å². The van der Waals surface area contributed by atoms with E-state index >= 15 is 0 Å². The third-order valence-electron chi connectivity index (χ3n) is 4.50. The minimum absolute atomic E-state index is 0.170. The molecule has 3 rings (SSSR count). The zero-order valence-corrected chi connectivity index (χ0v) is 15.1. The van der Waals surface area contributed by atoms with E-state index in [9.17, 15) is 8.42 Å². The molecule has 1 aliphatic rings. The van der Waals surface area contributed by atoms with Crippen molar-refractivity contribution in [1.82, 2.24) is 4.98 Å². The molecule has 0 aliphatic heterocycles. The number of pyridine rings is 1. The lowest BCUT2D eigenvalue weighted by molar-refractivity contribution is 0.479. The first kappa shape index (κ1) is 17.0. The summed E-state index contributed by atoms with van der Waals surface area (Å²) in [4.78, 5) is 4.22. The van der Waals surface area contributed by atoms with E-state index in [1.54, 1.807) is 20.0 Å². The number of nitrogens with zero attached hydrogens (tertiary/aromatic N) is 1. The summed E-state index contributed by atoms with van der Waals surface area (Å²) in [5, 5.41) is -0.311. The summed E-state index contributed by atoms with van der Waals surface area (Å²) in [5.41, 5.74) is 3.37. The largest absolute Gasteiger partial charge is 0.456 e. The lowest BCUT2D eigenvalue weighted by Crippen LogP contribution is -2.23. The van der Waals surface area contributed by atoms with Gasteiger partial charge in [0.2, 0.25) is 0 Å². The van der Waals surface area contributed by atoms with E-state index in [1.165, 1.54) is 11.1 Å².